The zero-order chi connectivity index (χ0) is 22.4. The van der Waals surface area contributed by atoms with Gasteiger partial charge in [-0.2, -0.15) is 0 Å². The maximum absolute atomic E-state index is 11.2. The van der Waals surface area contributed by atoms with Gasteiger partial charge in [-0.25, -0.2) is 0 Å². The van der Waals surface area contributed by atoms with Gasteiger partial charge in [0.15, 0.2) is 11.5 Å². The van der Waals surface area contributed by atoms with Gasteiger partial charge in [-0.15, -0.1) is 0 Å². The summed E-state index contributed by atoms with van der Waals surface area (Å²) in [5, 5.41) is 5.51. The van der Waals surface area contributed by atoms with E-state index in [1.165, 1.54) is 17.7 Å². The first-order valence-corrected chi connectivity index (χ1v) is 10.5. The molecule has 0 saturated carbocycles. The minimum atomic E-state index is -0.159. The molecule has 1 rings (SSSR count). The van der Waals surface area contributed by atoms with Crippen molar-refractivity contribution in [1.29, 1.82) is 0 Å². The lowest BCUT2D eigenvalue weighted by atomic mass is 9.87. The minimum absolute atomic E-state index is 0.00890. The molecule has 6 heteroatoms. The highest BCUT2D eigenvalue weighted by Gasteiger charge is 2.17. The number of carbonyl (C=O) groups is 2. The van der Waals surface area contributed by atoms with Gasteiger partial charge in [-0.3, -0.25) is 9.59 Å². The molecule has 0 fully saturated rings. The molecule has 0 aliphatic heterocycles. The predicted molar refractivity (Wildman–Crippen MR) is 121 cm³/mol. The average Bonchev–Trinajstić information content (AvgIpc) is 2.72. The quantitative estimate of drug-likeness (QED) is 0.356. The lowest BCUT2D eigenvalue weighted by molar-refractivity contribution is -0.117. The molecule has 0 atom stereocenters. The molecular weight excluding hydrogens is 380 g/mol. The van der Waals surface area contributed by atoms with Crippen LogP contribution in [0, 0.1) is 0 Å². The van der Waals surface area contributed by atoms with E-state index in [0.717, 1.165) is 37.2 Å². The SMILES string of the molecule is C=CC(=O)NCCCCOc1ccc(C(C)(C)C)cc1OCCCCNC(=O)C=C. The minimum Gasteiger partial charge on any atom is -0.490 e. The number of hydrogen-bond donors (Lipinski definition) is 2. The summed E-state index contributed by atoms with van der Waals surface area (Å²) in [6.45, 7) is 15.6. The second-order valence-electron chi connectivity index (χ2n) is 8.01. The Morgan fingerprint density at radius 3 is 1.83 bits per heavy atom. The van der Waals surface area contributed by atoms with E-state index in [2.05, 4.69) is 50.6 Å². The lowest BCUT2D eigenvalue weighted by Crippen LogP contribution is -2.22. The first-order chi connectivity index (χ1) is 14.3. The van der Waals surface area contributed by atoms with Crippen LogP contribution < -0.4 is 20.1 Å². The van der Waals surface area contributed by atoms with E-state index in [9.17, 15) is 9.59 Å². The van der Waals surface area contributed by atoms with Crippen molar-refractivity contribution in [2.24, 2.45) is 0 Å². The third-order valence-electron chi connectivity index (χ3n) is 4.44. The van der Waals surface area contributed by atoms with E-state index < -0.39 is 0 Å². The fourth-order valence-electron chi connectivity index (χ4n) is 2.59. The maximum atomic E-state index is 11.2. The van der Waals surface area contributed by atoms with Gasteiger partial charge in [-0.1, -0.05) is 40.0 Å². The van der Waals surface area contributed by atoms with Crippen molar-refractivity contribution in [2.45, 2.75) is 51.9 Å². The van der Waals surface area contributed by atoms with Crippen LogP contribution in [0.2, 0.25) is 0 Å². The van der Waals surface area contributed by atoms with Crippen molar-refractivity contribution in [3.63, 3.8) is 0 Å². The fraction of sp³-hybridized carbons (Fsp3) is 0.500. The summed E-state index contributed by atoms with van der Waals surface area (Å²) in [6, 6.07) is 6.07. The molecular formula is C24H36N2O4. The molecule has 6 nitrogen and oxygen atoms in total. The van der Waals surface area contributed by atoms with Crippen LogP contribution in [-0.4, -0.2) is 38.1 Å². The summed E-state index contributed by atoms with van der Waals surface area (Å²) in [4.78, 5) is 22.3. The fourth-order valence-corrected chi connectivity index (χ4v) is 2.59. The summed E-state index contributed by atoms with van der Waals surface area (Å²) in [6.07, 6.45) is 5.83. The van der Waals surface area contributed by atoms with Crippen LogP contribution in [0.4, 0.5) is 0 Å². The van der Waals surface area contributed by atoms with Gasteiger partial charge in [0.2, 0.25) is 11.8 Å². The van der Waals surface area contributed by atoms with E-state index in [1.807, 2.05) is 12.1 Å². The number of carbonyl (C=O) groups excluding carboxylic acids is 2. The number of hydrogen-bond acceptors (Lipinski definition) is 4. The smallest absolute Gasteiger partial charge is 0.243 e. The standard InChI is InChI=1S/C24H36N2O4/c1-6-22(27)25-14-8-10-16-29-20-13-12-19(24(3,4)5)18-21(20)30-17-11-9-15-26-23(28)7-2/h6-7,12-13,18H,1-2,8-11,14-17H2,3-5H3,(H,25,27)(H,26,28). The Morgan fingerprint density at radius 1 is 0.867 bits per heavy atom. The number of benzene rings is 1. The third kappa shape index (κ3) is 10.1. The van der Waals surface area contributed by atoms with Crippen molar-refractivity contribution in [1.82, 2.24) is 10.6 Å². The van der Waals surface area contributed by atoms with Crippen molar-refractivity contribution in [2.75, 3.05) is 26.3 Å². The first-order valence-electron chi connectivity index (χ1n) is 10.5. The maximum Gasteiger partial charge on any atom is 0.243 e. The molecule has 0 aliphatic carbocycles. The van der Waals surface area contributed by atoms with Crippen LogP contribution in [0.3, 0.4) is 0 Å². The Morgan fingerprint density at radius 2 is 1.37 bits per heavy atom. The molecule has 2 N–H and O–H groups in total. The highest BCUT2D eigenvalue weighted by Crippen LogP contribution is 2.33. The second-order valence-corrected chi connectivity index (χ2v) is 8.01. The van der Waals surface area contributed by atoms with E-state index >= 15 is 0 Å². The molecule has 0 radical (unpaired) electrons. The molecule has 0 heterocycles. The van der Waals surface area contributed by atoms with Crippen molar-refractivity contribution < 1.29 is 19.1 Å². The monoisotopic (exact) mass is 416 g/mol. The van der Waals surface area contributed by atoms with Crippen LogP contribution in [-0.2, 0) is 15.0 Å². The molecule has 0 bridgehead atoms. The van der Waals surface area contributed by atoms with E-state index in [4.69, 9.17) is 9.47 Å². The molecule has 0 unspecified atom stereocenters. The van der Waals surface area contributed by atoms with Crippen LogP contribution in [0.5, 0.6) is 11.5 Å². The largest absolute Gasteiger partial charge is 0.490 e. The van der Waals surface area contributed by atoms with Gasteiger partial charge < -0.3 is 20.1 Å². The highest BCUT2D eigenvalue weighted by molar-refractivity contribution is 5.87. The van der Waals surface area contributed by atoms with Gasteiger partial charge in [0.1, 0.15) is 0 Å². The Hall–Kier alpha value is -2.76. The molecule has 30 heavy (non-hydrogen) atoms. The normalized spacial score (nSPS) is 10.8. The van der Waals surface area contributed by atoms with Crippen LogP contribution in [0.25, 0.3) is 0 Å². The summed E-state index contributed by atoms with van der Waals surface area (Å²) >= 11 is 0. The summed E-state index contributed by atoms with van der Waals surface area (Å²) in [5.74, 6) is 1.14. The number of ether oxygens (including phenoxy) is 2. The summed E-state index contributed by atoms with van der Waals surface area (Å²) in [5.41, 5.74) is 1.19. The average molecular weight is 417 g/mol. The van der Waals surface area contributed by atoms with Gasteiger partial charge >= 0.3 is 0 Å². The summed E-state index contributed by atoms with van der Waals surface area (Å²) in [7, 11) is 0. The molecule has 1 aromatic carbocycles. The Labute approximate surface area is 180 Å². The van der Waals surface area contributed by atoms with Gasteiger partial charge in [0.05, 0.1) is 13.2 Å². The Balaban J connectivity index is 2.54. The van der Waals surface area contributed by atoms with Gasteiger partial charge in [0.25, 0.3) is 0 Å². The van der Waals surface area contributed by atoms with E-state index in [0.29, 0.717) is 26.3 Å². The topological polar surface area (TPSA) is 76.7 Å². The van der Waals surface area contributed by atoms with Crippen LogP contribution in [0.1, 0.15) is 52.0 Å². The lowest BCUT2D eigenvalue weighted by Gasteiger charge is -2.21. The summed E-state index contributed by atoms with van der Waals surface area (Å²) < 4.78 is 11.9. The third-order valence-corrected chi connectivity index (χ3v) is 4.44. The van der Waals surface area contributed by atoms with Gasteiger partial charge in [0, 0.05) is 13.1 Å². The number of nitrogens with one attached hydrogen (secondary N) is 2. The molecule has 0 saturated heterocycles. The van der Waals surface area contributed by atoms with Crippen molar-refractivity contribution >= 4 is 11.8 Å². The Kier molecular flexibility index (Phi) is 11.3. The van der Waals surface area contributed by atoms with Crippen molar-refractivity contribution in [3.8, 4) is 11.5 Å². The van der Waals surface area contributed by atoms with E-state index in [-0.39, 0.29) is 17.2 Å². The van der Waals surface area contributed by atoms with Crippen molar-refractivity contribution in [3.05, 3.63) is 49.1 Å². The zero-order valence-corrected chi connectivity index (χ0v) is 18.6. The number of unbranched alkanes of at least 4 members (excludes halogenated alkanes) is 2. The second kappa shape index (κ2) is 13.5. The molecule has 0 aliphatic rings. The molecule has 0 aromatic heterocycles. The molecule has 1 aromatic rings. The van der Waals surface area contributed by atoms with Crippen LogP contribution in [0.15, 0.2) is 43.5 Å². The Bertz CT molecular complexity index is 708. The molecule has 2 amide bonds. The zero-order valence-electron chi connectivity index (χ0n) is 18.6. The first kappa shape index (κ1) is 25.3. The number of rotatable bonds is 14. The number of amides is 2. The predicted octanol–water partition coefficient (Wildman–Crippen LogP) is 3.91. The molecule has 0 spiro atoms. The van der Waals surface area contributed by atoms with E-state index in [1.54, 1.807) is 0 Å². The van der Waals surface area contributed by atoms with Gasteiger partial charge in [-0.05, 0) is 60.9 Å². The van der Waals surface area contributed by atoms with Crippen LogP contribution >= 0.6 is 0 Å². The molecule has 166 valence electrons. The highest BCUT2D eigenvalue weighted by atomic mass is 16.5.